The van der Waals surface area contributed by atoms with Crippen molar-refractivity contribution < 1.29 is 0 Å². The van der Waals surface area contributed by atoms with Crippen molar-refractivity contribution in [3.05, 3.63) is 109 Å². The second kappa shape index (κ2) is 10.2. The Hall–Kier alpha value is -4.18. The zero-order chi connectivity index (χ0) is 23.2. The van der Waals surface area contributed by atoms with Gasteiger partial charge in [-0.3, -0.25) is 4.99 Å². The van der Waals surface area contributed by atoms with Crippen LogP contribution in [0, 0.1) is 0 Å². The summed E-state index contributed by atoms with van der Waals surface area (Å²) in [6.45, 7) is 1.71. The van der Waals surface area contributed by atoms with Crippen molar-refractivity contribution in [1.82, 2.24) is 9.97 Å². The number of benzene rings is 4. The molecule has 1 N–H and O–H groups in total. The largest absolute Gasteiger partial charge is 0.375 e. The highest BCUT2D eigenvalue weighted by Crippen LogP contribution is 2.34. The molecule has 4 heteroatoms. The maximum atomic E-state index is 4.94. The van der Waals surface area contributed by atoms with E-state index in [1.54, 1.807) is 0 Å². The first-order valence-electron chi connectivity index (χ1n) is 11.7. The average molecular weight is 445 g/mol. The summed E-state index contributed by atoms with van der Waals surface area (Å²) in [7, 11) is 2.12. The van der Waals surface area contributed by atoms with Gasteiger partial charge in [-0.25, -0.2) is 4.98 Å². The summed E-state index contributed by atoms with van der Waals surface area (Å²) in [6, 6.07) is 35.7. The Morgan fingerprint density at radius 2 is 1.35 bits per heavy atom. The van der Waals surface area contributed by atoms with Crippen LogP contribution in [0.15, 0.2) is 108 Å². The molecule has 0 spiro atoms. The molecule has 0 amide bonds. The Bertz CT molecular complexity index is 1300. The second-order valence-electron chi connectivity index (χ2n) is 8.38. The summed E-state index contributed by atoms with van der Waals surface area (Å²) in [5.41, 5.74) is 7.83. The Morgan fingerprint density at radius 1 is 0.765 bits per heavy atom. The Morgan fingerprint density at radius 3 is 2.03 bits per heavy atom. The number of aromatic nitrogens is 2. The summed E-state index contributed by atoms with van der Waals surface area (Å²) in [6.07, 6.45) is 2.85. The number of H-pyrrole nitrogens is 1. The van der Waals surface area contributed by atoms with E-state index in [-0.39, 0.29) is 0 Å². The number of nitrogens with one attached hydrogen (secondary N) is 1. The maximum absolute atomic E-state index is 4.94. The van der Waals surface area contributed by atoms with Gasteiger partial charge in [0.05, 0.1) is 17.2 Å². The number of imidazole rings is 1. The molecule has 1 aromatic heterocycles. The van der Waals surface area contributed by atoms with Crippen LogP contribution in [-0.4, -0.2) is 36.3 Å². The Kier molecular flexibility index (Phi) is 6.48. The normalized spacial score (nSPS) is 11.3. The van der Waals surface area contributed by atoms with Gasteiger partial charge >= 0.3 is 0 Å². The summed E-state index contributed by atoms with van der Waals surface area (Å²) in [4.78, 5) is 15.4. The SMILES string of the molecule is CN(CCC/N=C/c1nc2c(-c3ccccc3)ccc(-c3ccccc3)c2[nH]1)c1ccccc1. The summed E-state index contributed by atoms with van der Waals surface area (Å²) in [5, 5.41) is 0. The molecule has 5 rings (SSSR count). The fourth-order valence-electron chi connectivity index (χ4n) is 4.24. The van der Waals surface area contributed by atoms with Crippen molar-refractivity contribution in [2.24, 2.45) is 4.99 Å². The highest BCUT2D eigenvalue weighted by atomic mass is 15.1. The average Bonchev–Trinajstić information content (AvgIpc) is 3.33. The van der Waals surface area contributed by atoms with Gasteiger partial charge in [0.25, 0.3) is 0 Å². The molecule has 4 nitrogen and oxygen atoms in total. The lowest BCUT2D eigenvalue weighted by Crippen LogP contribution is -2.18. The van der Waals surface area contributed by atoms with E-state index in [1.165, 1.54) is 11.3 Å². The number of hydrogen-bond acceptors (Lipinski definition) is 3. The quantitative estimate of drug-likeness (QED) is 0.210. The molecule has 0 fully saturated rings. The number of rotatable bonds is 8. The van der Waals surface area contributed by atoms with E-state index in [2.05, 4.69) is 107 Å². The van der Waals surface area contributed by atoms with E-state index in [0.717, 1.165) is 53.1 Å². The van der Waals surface area contributed by atoms with Crippen molar-refractivity contribution in [3.8, 4) is 22.3 Å². The van der Waals surface area contributed by atoms with E-state index < -0.39 is 0 Å². The van der Waals surface area contributed by atoms with Crippen molar-refractivity contribution in [2.45, 2.75) is 6.42 Å². The van der Waals surface area contributed by atoms with E-state index >= 15 is 0 Å². The zero-order valence-corrected chi connectivity index (χ0v) is 19.4. The van der Waals surface area contributed by atoms with Gasteiger partial charge in [-0.05, 0) is 29.7 Å². The van der Waals surface area contributed by atoms with Gasteiger partial charge in [0.1, 0.15) is 5.82 Å². The third-order valence-corrected chi connectivity index (χ3v) is 6.02. The molecule has 5 aromatic rings. The molecule has 0 bridgehead atoms. The van der Waals surface area contributed by atoms with Gasteiger partial charge in [0.15, 0.2) is 0 Å². The van der Waals surface area contributed by atoms with Gasteiger partial charge in [-0.1, -0.05) is 91.0 Å². The predicted molar refractivity (Wildman–Crippen MR) is 144 cm³/mol. The molecule has 4 aromatic carbocycles. The van der Waals surface area contributed by atoms with Gasteiger partial charge in [-0.2, -0.15) is 0 Å². The van der Waals surface area contributed by atoms with Crippen LogP contribution in [0.4, 0.5) is 5.69 Å². The van der Waals surface area contributed by atoms with Crippen molar-refractivity contribution in [3.63, 3.8) is 0 Å². The monoisotopic (exact) mass is 444 g/mol. The van der Waals surface area contributed by atoms with E-state index in [9.17, 15) is 0 Å². The van der Waals surface area contributed by atoms with Crippen molar-refractivity contribution in [2.75, 3.05) is 25.0 Å². The van der Waals surface area contributed by atoms with Gasteiger partial charge in [0, 0.05) is 37.0 Å². The second-order valence-corrected chi connectivity index (χ2v) is 8.38. The summed E-state index contributed by atoms with van der Waals surface area (Å²) >= 11 is 0. The predicted octanol–water partition coefficient (Wildman–Crippen LogP) is 6.84. The van der Waals surface area contributed by atoms with Crippen LogP contribution in [0.5, 0.6) is 0 Å². The first-order chi connectivity index (χ1) is 16.8. The van der Waals surface area contributed by atoms with Crippen LogP contribution < -0.4 is 4.90 Å². The van der Waals surface area contributed by atoms with Gasteiger partial charge in [0.2, 0.25) is 0 Å². The third-order valence-electron chi connectivity index (χ3n) is 6.02. The molecule has 1 heterocycles. The smallest absolute Gasteiger partial charge is 0.149 e. The maximum Gasteiger partial charge on any atom is 0.149 e. The minimum atomic E-state index is 0.755. The van der Waals surface area contributed by atoms with Crippen LogP contribution >= 0.6 is 0 Å². The number of fused-ring (bicyclic) bond motifs is 1. The van der Waals surface area contributed by atoms with Crippen LogP contribution in [0.1, 0.15) is 12.2 Å². The fraction of sp³-hybridized carbons (Fsp3) is 0.133. The Balaban J connectivity index is 1.38. The first kappa shape index (κ1) is 21.7. The molecule has 0 unspecified atom stereocenters. The van der Waals surface area contributed by atoms with Gasteiger partial charge in [-0.15, -0.1) is 0 Å². The van der Waals surface area contributed by atoms with E-state index in [1.807, 2.05) is 24.4 Å². The molecule has 168 valence electrons. The Labute approximate surface area is 200 Å². The summed E-state index contributed by atoms with van der Waals surface area (Å²) < 4.78 is 0. The van der Waals surface area contributed by atoms with E-state index in [4.69, 9.17) is 4.98 Å². The molecule has 0 radical (unpaired) electrons. The minimum Gasteiger partial charge on any atom is -0.375 e. The summed E-state index contributed by atoms with van der Waals surface area (Å²) in [5.74, 6) is 0.784. The van der Waals surface area contributed by atoms with Crippen molar-refractivity contribution in [1.29, 1.82) is 0 Å². The number of aliphatic imine (C=N–C) groups is 1. The van der Waals surface area contributed by atoms with Crippen LogP contribution in [0.3, 0.4) is 0 Å². The topological polar surface area (TPSA) is 44.3 Å². The molecular weight excluding hydrogens is 416 g/mol. The fourth-order valence-corrected chi connectivity index (χ4v) is 4.24. The molecule has 0 saturated heterocycles. The van der Waals surface area contributed by atoms with Crippen LogP contribution in [0.2, 0.25) is 0 Å². The lowest BCUT2D eigenvalue weighted by Gasteiger charge is -2.18. The number of nitrogens with zero attached hydrogens (tertiary/aromatic N) is 3. The highest BCUT2D eigenvalue weighted by molar-refractivity contribution is 6.02. The number of para-hydroxylation sites is 1. The zero-order valence-electron chi connectivity index (χ0n) is 19.4. The molecule has 0 aliphatic heterocycles. The highest BCUT2D eigenvalue weighted by Gasteiger charge is 2.13. The lowest BCUT2D eigenvalue weighted by atomic mass is 9.98. The van der Waals surface area contributed by atoms with E-state index in [0.29, 0.717) is 0 Å². The lowest BCUT2D eigenvalue weighted by molar-refractivity contribution is 0.798. The molecule has 0 aliphatic rings. The number of anilines is 1. The minimum absolute atomic E-state index is 0.755. The molecule has 0 atom stereocenters. The standard InChI is InChI=1S/C30H28N4/c1-34(25-16-9-4-10-17-25)21-11-20-31-22-28-32-29-26(23-12-5-2-6-13-23)18-19-27(30(29)33-28)24-14-7-3-8-15-24/h2-10,12-19,22H,11,20-21H2,1H3,(H,32,33)/b31-22+. The van der Waals surface area contributed by atoms with Crippen LogP contribution in [-0.2, 0) is 0 Å². The van der Waals surface area contributed by atoms with Crippen LogP contribution in [0.25, 0.3) is 33.3 Å². The number of hydrogen-bond donors (Lipinski definition) is 1. The molecule has 0 aliphatic carbocycles. The number of aromatic amines is 1. The molecule has 0 saturated carbocycles. The molecular formula is C30H28N4. The first-order valence-corrected chi connectivity index (χ1v) is 11.7. The van der Waals surface area contributed by atoms with Crippen molar-refractivity contribution >= 4 is 22.9 Å². The van der Waals surface area contributed by atoms with Gasteiger partial charge < -0.3 is 9.88 Å². The third kappa shape index (κ3) is 4.76. The molecule has 34 heavy (non-hydrogen) atoms.